The number of fused-ring (bicyclic) bond motifs is 1. The van der Waals surface area contributed by atoms with Gasteiger partial charge in [0.1, 0.15) is 12.0 Å². The summed E-state index contributed by atoms with van der Waals surface area (Å²) in [6.07, 6.45) is -0.752. The van der Waals surface area contributed by atoms with Gasteiger partial charge >= 0.3 is 0 Å². The first-order chi connectivity index (χ1) is 13.1. The third-order valence-electron chi connectivity index (χ3n) is 4.59. The van der Waals surface area contributed by atoms with E-state index in [9.17, 15) is 9.18 Å². The molecule has 3 aromatic rings. The minimum atomic E-state index is -0.752. The highest BCUT2D eigenvalue weighted by atomic mass is 35.5. The van der Waals surface area contributed by atoms with Crippen molar-refractivity contribution >= 4 is 34.8 Å². The zero-order chi connectivity index (χ0) is 19.0. The third kappa shape index (κ3) is 3.27. The standard InChI is InChI=1S/C21H15Cl2FN2O/c22-15-8-3-1-6-13(15)12-26-20(19-16(23)9-5-10-17(19)24)25-18-11-4-2-7-14(18)21(26)27/h1-11,20,25H,12H2. The van der Waals surface area contributed by atoms with Crippen molar-refractivity contribution in [2.45, 2.75) is 12.7 Å². The summed E-state index contributed by atoms with van der Waals surface area (Å²) in [4.78, 5) is 14.8. The van der Waals surface area contributed by atoms with Gasteiger partial charge in [0, 0.05) is 22.8 Å². The average molecular weight is 401 g/mol. The monoisotopic (exact) mass is 400 g/mol. The Balaban J connectivity index is 1.84. The van der Waals surface area contributed by atoms with Crippen molar-refractivity contribution in [2.24, 2.45) is 0 Å². The van der Waals surface area contributed by atoms with Gasteiger partial charge in [-0.25, -0.2) is 4.39 Å². The van der Waals surface area contributed by atoms with E-state index in [0.717, 1.165) is 5.56 Å². The second-order valence-electron chi connectivity index (χ2n) is 6.25. The average Bonchev–Trinajstić information content (AvgIpc) is 2.66. The highest BCUT2D eigenvalue weighted by Gasteiger charge is 2.35. The van der Waals surface area contributed by atoms with Crippen LogP contribution >= 0.6 is 23.2 Å². The van der Waals surface area contributed by atoms with E-state index in [0.29, 0.717) is 16.3 Å². The predicted octanol–water partition coefficient (Wildman–Crippen LogP) is 5.90. The van der Waals surface area contributed by atoms with Gasteiger partial charge in [0.25, 0.3) is 5.91 Å². The SMILES string of the molecule is O=C1c2ccccc2NC(c2c(F)cccc2Cl)N1Cc1ccccc1Cl. The molecular weight excluding hydrogens is 386 g/mol. The maximum Gasteiger partial charge on any atom is 0.258 e. The fourth-order valence-electron chi connectivity index (χ4n) is 3.27. The van der Waals surface area contributed by atoms with E-state index in [-0.39, 0.29) is 23.0 Å². The fraction of sp³-hybridized carbons (Fsp3) is 0.0952. The summed E-state index contributed by atoms with van der Waals surface area (Å²) < 4.78 is 14.6. The number of hydrogen-bond donors (Lipinski definition) is 1. The number of rotatable bonds is 3. The molecule has 27 heavy (non-hydrogen) atoms. The van der Waals surface area contributed by atoms with Gasteiger partial charge in [-0.1, -0.05) is 59.6 Å². The Morgan fingerprint density at radius 2 is 1.63 bits per heavy atom. The molecule has 4 rings (SSSR count). The number of carbonyl (C=O) groups excluding carboxylic acids is 1. The van der Waals surface area contributed by atoms with Crippen LogP contribution in [0, 0.1) is 5.82 Å². The van der Waals surface area contributed by atoms with Gasteiger partial charge < -0.3 is 10.2 Å². The number of nitrogens with zero attached hydrogens (tertiary/aromatic N) is 1. The minimum absolute atomic E-state index is 0.214. The number of nitrogens with one attached hydrogen (secondary N) is 1. The highest BCUT2D eigenvalue weighted by molar-refractivity contribution is 6.31. The van der Waals surface area contributed by atoms with Crippen LogP contribution in [0.1, 0.15) is 27.7 Å². The first kappa shape index (κ1) is 17.8. The molecule has 1 unspecified atom stereocenters. The van der Waals surface area contributed by atoms with Gasteiger partial charge in [0.2, 0.25) is 0 Å². The lowest BCUT2D eigenvalue weighted by atomic mass is 10.0. The van der Waals surface area contributed by atoms with Crippen LogP contribution in [0.3, 0.4) is 0 Å². The summed E-state index contributed by atoms with van der Waals surface area (Å²) in [5.41, 5.74) is 2.16. The summed E-state index contributed by atoms with van der Waals surface area (Å²) >= 11 is 12.6. The lowest BCUT2D eigenvalue weighted by Gasteiger charge is -2.38. The molecule has 136 valence electrons. The van der Waals surface area contributed by atoms with Crippen molar-refractivity contribution in [3.63, 3.8) is 0 Å². The molecule has 1 atom stereocenters. The quantitative estimate of drug-likeness (QED) is 0.593. The van der Waals surface area contributed by atoms with Crippen LogP contribution in [0.5, 0.6) is 0 Å². The van der Waals surface area contributed by atoms with Crippen LogP contribution in [-0.2, 0) is 6.54 Å². The van der Waals surface area contributed by atoms with Crippen molar-refractivity contribution in [1.82, 2.24) is 4.90 Å². The molecule has 1 N–H and O–H groups in total. The maximum atomic E-state index is 14.6. The molecule has 0 spiro atoms. The Labute approximate surface area is 166 Å². The Kier molecular flexibility index (Phi) is 4.77. The van der Waals surface area contributed by atoms with Crippen LogP contribution < -0.4 is 5.32 Å². The summed E-state index contributed by atoms with van der Waals surface area (Å²) in [5, 5.41) is 4.05. The molecule has 0 fully saturated rings. The summed E-state index contributed by atoms with van der Waals surface area (Å²) in [5.74, 6) is -0.690. The van der Waals surface area contributed by atoms with E-state index < -0.39 is 12.0 Å². The Morgan fingerprint density at radius 1 is 0.926 bits per heavy atom. The molecule has 3 nitrogen and oxygen atoms in total. The molecule has 6 heteroatoms. The van der Waals surface area contributed by atoms with Crippen LogP contribution in [0.2, 0.25) is 10.0 Å². The van der Waals surface area contributed by atoms with Crippen LogP contribution in [0.15, 0.2) is 66.7 Å². The Hall–Kier alpha value is -2.56. The zero-order valence-corrected chi connectivity index (χ0v) is 15.6. The van der Waals surface area contributed by atoms with Crippen LogP contribution in [0.25, 0.3) is 0 Å². The lowest BCUT2D eigenvalue weighted by Crippen LogP contribution is -2.43. The Bertz CT molecular complexity index is 1000. The molecule has 0 aliphatic carbocycles. The van der Waals surface area contributed by atoms with Crippen LogP contribution in [0.4, 0.5) is 10.1 Å². The third-order valence-corrected chi connectivity index (χ3v) is 5.29. The van der Waals surface area contributed by atoms with Crippen LogP contribution in [-0.4, -0.2) is 10.8 Å². The number of halogens is 3. The molecule has 1 heterocycles. The highest BCUT2D eigenvalue weighted by Crippen LogP contribution is 2.38. The number of para-hydroxylation sites is 1. The summed E-state index contributed by atoms with van der Waals surface area (Å²) in [6.45, 7) is 0.217. The molecule has 0 radical (unpaired) electrons. The smallest absolute Gasteiger partial charge is 0.258 e. The number of amides is 1. The molecule has 0 aromatic heterocycles. The number of anilines is 1. The van der Waals surface area contributed by atoms with Gasteiger partial charge in [0.05, 0.1) is 10.6 Å². The van der Waals surface area contributed by atoms with Crippen molar-refractivity contribution in [1.29, 1.82) is 0 Å². The van der Waals surface area contributed by atoms with E-state index in [1.54, 1.807) is 35.2 Å². The zero-order valence-electron chi connectivity index (χ0n) is 14.1. The molecule has 1 amide bonds. The van der Waals surface area contributed by atoms with Gasteiger partial charge in [0.15, 0.2) is 0 Å². The molecule has 0 saturated carbocycles. The van der Waals surface area contributed by atoms with Gasteiger partial charge in [-0.3, -0.25) is 4.79 Å². The van der Waals surface area contributed by atoms with Crippen molar-refractivity contribution in [3.05, 3.63) is 99.3 Å². The molecular formula is C21H15Cl2FN2O. The van der Waals surface area contributed by atoms with Crippen molar-refractivity contribution in [2.75, 3.05) is 5.32 Å². The first-order valence-corrected chi connectivity index (χ1v) is 9.15. The second kappa shape index (κ2) is 7.22. The number of benzene rings is 3. The molecule has 0 bridgehead atoms. The summed E-state index contributed by atoms with van der Waals surface area (Å²) in [6, 6.07) is 18.9. The van der Waals surface area contributed by atoms with E-state index in [4.69, 9.17) is 23.2 Å². The van der Waals surface area contributed by atoms with Gasteiger partial charge in [-0.15, -0.1) is 0 Å². The second-order valence-corrected chi connectivity index (χ2v) is 7.07. The van der Waals surface area contributed by atoms with E-state index in [1.807, 2.05) is 24.3 Å². The molecule has 1 aliphatic heterocycles. The Morgan fingerprint density at radius 3 is 2.41 bits per heavy atom. The largest absolute Gasteiger partial charge is 0.361 e. The van der Waals surface area contributed by atoms with Gasteiger partial charge in [-0.05, 0) is 35.9 Å². The minimum Gasteiger partial charge on any atom is -0.361 e. The predicted molar refractivity (Wildman–Crippen MR) is 106 cm³/mol. The van der Waals surface area contributed by atoms with Crippen molar-refractivity contribution in [3.8, 4) is 0 Å². The first-order valence-electron chi connectivity index (χ1n) is 8.40. The lowest BCUT2D eigenvalue weighted by molar-refractivity contribution is 0.0664. The van der Waals surface area contributed by atoms with Gasteiger partial charge in [-0.2, -0.15) is 0 Å². The summed E-state index contributed by atoms with van der Waals surface area (Å²) in [7, 11) is 0. The van der Waals surface area contributed by atoms with Crippen molar-refractivity contribution < 1.29 is 9.18 Å². The number of hydrogen-bond acceptors (Lipinski definition) is 2. The molecule has 0 saturated heterocycles. The fourth-order valence-corrected chi connectivity index (χ4v) is 3.73. The topological polar surface area (TPSA) is 32.3 Å². The maximum absolute atomic E-state index is 14.6. The molecule has 3 aromatic carbocycles. The number of carbonyl (C=O) groups is 1. The van der Waals surface area contributed by atoms with E-state index in [1.165, 1.54) is 12.1 Å². The van der Waals surface area contributed by atoms with E-state index >= 15 is 0 Å². The normalized spacial score (nSPS) is 16.0. The molecule has 1 aliphatic rings. The van der Waals surface area contributed by atoms with E-state index in [2.05, 4.69) is 5.32 Å².